The Morgan fingerprint density at radius 2 is 1.91 bits per heavy atom. The Bertz CT molecular complexity index is 889. The average molecular weight is 313 g/mol. The van der Waals surface area contributed by atoms with Crippen molar-refractivity contribution in [3.8, 4) is 11.6 Å². The summed E-state index contributed by atoms with van der Waals surface area (Å²) in [6.45, 7) is -0.451. The molecule has 0 saturated heterocycles. The van der Waals surface area contributed by atoms with Crippen molar-refractivity contribution in [3.05, 3.63) is 54.3 Å². The molecule has 2 N–H and O–H groups in total. The third kappa shape index (κ3) is 3.18. The largest absolute Gasteiger partial charge is 0.493 e. The summed E-state index contributed by atoms with van der Waals surface area (Å²) in [7, 11) is 0. The maximum Gasteiger partial charge on any atom is 0.302 e. The monoisotopic (exact) mass is 313 g/mol. The van der Waals surface area contributed by atoms with E-state index in [1.165, 1.54) is 18.2 Å². The Balaban J connectivity index is 1.71. The molecule has 2 aromatic carbocycles. The number of halogens is 1. The molecule has 0 bridgehead atoms. The number of carbonyl (C=O) groups excluding carboxylic acids is 1. The molecule has 6 nitrogen and oxygen atoms in total. The number of nitrogens with zero attached hydrogens (tertiary/aromatic N) is 2. The van der Waals surface area contributed by atoms with Gasteiger partial charge in [0.2, 0.25) is 5.88 Å². The molecular formula is C16H12FN3O3. The number of aromatic hydroxyl groups is 1. The zero-order valence-corrected chi connectivity index (χ0v) is 11.9. The van der Waals surface area contributed by atoms with E-state index in [1.807, 2.05) is 0 Å². The maximum atomic E-state index is 13.3. The molecule has 1 aromatic heterocycles. The van der Waals surface area contributed by atoms with Crippen molar-refractivity contribution in [2.45, 2.75) is 0 Å². The molecule has 0 fully saturated rings. The molecule has 0 aliphatic carbocycles. The van der Waals surface area contributed by atoms with Gasteiger partial charge in [0.25, 0.3) is 0 Å². The second-order valence-corrected chi connectivity index (χ2v) is 4.68. The number of fused-ring (bicyclic) bond motifs is 1. The Labute approximate surface area is 130 Å². The van der Waals surface area contributed by atoms with E-state index in [1.54, 1.807) is 30.3 Å². The van der Waals surface area contributed by atoms with Crippen LogP contribution in [0.5, 0.6) is 11.6 Å². The minimum Gasteiger partial charge on any atom is -0.493 e. The van der Waals surface area contributed by atoms with Gasteiger partial charge >= 0.3 is 5.91 Å². The predicted octanol–water partition coefficient (Wildman–Crippen LogP) is 3.70. The number of para-hydroxylation sites is 2. The summed E-state index contributed by atoms with van der Waals surface area (Å²) in [5, 5.41) is 17.7. The molecule has 0 saturated carbocycles. The molecule has 0 unspecified atom stereocenters. The first kappa shape index (κ1) is 14.7. The first-order valence-corrected chi connectivity index (χ1v) is 6.76. The van der Waals surface area contributed by atoms with Gasteiger partial charge in [-0.2, -0.15) is 0 Å². The minimum absolute atomic E-state index is 0.0361. The van der Waals surface area contributed by atoms with Gasteiger partial charge in [-0.05, 0) is 18.2 Å². The number of hydrogen-bond acceptors (Lipinski definition) is 4. The van der Waals surface area contributed by atoms with E-state index in [0.717, 1.165) is 0 Å². The number of ether oxygens (including phenoxy) is 1. The molecule has 3 aromatic rings. The molecule has 7 heteroatoms. The molecule has 0 atom stereocenters. The summed E-state index contributed by atoms with van der Waals surface area (Å²) in [5.41, 5.74) is 0.842. The summed E-state index contributed by atoms with van der Waals surface area (Å²) in [4.78, 5) is 14.4. The quantitative estimate of drug-likeness (QED) is 0.720. The lowest BCUT2D eigenvalue weighted by atomic mass is 10.2. The summed E-state index contributed by atoms with van der Waals surface area (Å²) in [6.07, 6.45) is 0. The van der Waals surface area contributed by atoms with Crippen LogP contribution < -0.4 is 4.74 Å². The lowest BCUT2D eigenvalue weighted by Crippen LogP contribution is -2.08. The summed E-state index contributed by atoms with van der Waals surface area (Å²) < 4.78 is 18.4. The highest BCUT2D eigenvalue weighted by Crippen LogP contribution is 2.35. The standard InChI is InChI=1S/C16H12FN3O3/c17-11-6-2-4-8-13(11)23-9-14(21)19-20-15-10-5-1-3-7-12(10)18-16(15)22/h1-8,18,22H,9H2. The van der Waals surface area contributed by atoms with E-state index >= 15 is 0 Å². The van der Waals surface area contributed by atoms with Gasteiger partial charge in [-0.1, -0.05) is 30.3 Å². The van der Waals surface area contributed by atoms with Crippen LogP contribution in [0.15, 0.2) is 58.8 Å². The molecule has 0 aliphatic heterocycles. The molecule has 0 aliphatic rings. The van der Waals surface area contributed by atoms with Crippen molar-refractivity contribution in [1.82, 2.24) is 4.98 Å². The fourth-order valence-corrected chi connectivity index (χ4v) is 2.05. The molecule has 3 rings (SSSR count). The second kappa shape index (κ2) is 6.27. The van der Waals surface area contributed by atoms with Crippen LogP contribution in [0.4, 0.5) is 10.1 Å². The Kier molecular flexibility index (Phi) is 4.01. The number of azo groups is 1. The zero-order chi connectivity index (χ0) is 16.2. The van der Waals surface area contributed by atoms with Crippen LogP contribution in [0.3, 0.4) is 0 Å². The molecular weight excluding hydrogens is 301 g/mol. The van der Waals surface area contributed by atoms with Crippen LogP contribution in [0.2, 0.25) is 0 Å². The third-order valence-electron chi connectivity index (χ3n) is 3.11. The van der Waals surface area contributed by atoms with Crippen molar-refractivity contribution in [2.75, 3.05) is 6.61 Å². The number of aromatic nitrogens is 1. The first-order valence-electron chi connectivity index (χ1n) is 6.76. The van der Waals surface area contributed by atoms with E-state index in [-0.39, 0.29) is 17.3 Å². The topological polar surface area (TPSA) is 87.0 Å². The van der Waals surface area contributed by atoms with Gasteiger partial charge in [0.05, 0.1) is 5.52 Å². The highest BCUT2D eigenvalue weighted by molar-refractivity contribution is 5.94. The number of hydrogen-bond donors (Lipinski definition) is 2. The maximum absolute atomic E-state index is 13.3. The summed E-state index contributed by atoms with van der Waals surface area (Å²) in [5.74, 6) is -1.48. The number of aromatic amines is 1. The van der Waals surface area contributed by atoms with Crippen molar-refractivity contribution >= 4 is 22.5 Å². The number of rotatable bonds is 4. The Morgan fingerprint density at radius 3 is 2.74 bits per heavy atom. The van der Waals surface area contributed by atoms with Crippen LogP contribution in [-0.2, 0) is 4.79 Å². The van der Waals surface area contributed by atoms with Gasteiger partial charge in [0, 0.05) is 5.39 Å². The number of carbonyl (C=O) groups is 1. The lowest BCUT2D eigenvalue weighted by Gasteiger charge is -2.03. The number of H-pyrrole nitrogens is 1. The Morgan fingerprint density at radius 1 is 1.17 bits per heavy atom. The van der Waals surface area contributed by atoms with Gasteiger partial charge in [-0.25, -0.2) is 4.39 Å². The molecule has 23 heavy (non-hydrogen) atoms. The normalized spacial score (nSPS) is 11.2. The molecule has 1 amide bonds. The van der Waals surface area contributed by atoms with E-state index in [4.69, 9.17) is 4.74 Å². The third-order valence-corrected chi connectivity index (χ3v) is 3.11. The zero-order valence-electron chi connectivity index (χ0n) is 11.9. The van der Waals surface area contributed by atoms with E-state index in [2.05, 4.69) is 15.2 Å². The fraction of sp³-hybridized carbons (Fsp3) is 0.0625. The summed E-state index contributed by atoms with van der Waals surface area (Å²) >= 11 is 0. The second-order valence-electron chi connectivity index (χ2n) is 4.68. The predicted molar refractivity (Wildman–Crippen MR) is 81.4 cm³/mol. The Hall–Kier alpha value is -3.22. The smallest absolute Gasteiger partial charge is 0.302 e. The first-order chi connectivity index (χ1) is 11.1. The number of nitrogens with one attached hydrogen (secondary N) is 1. The number of amides is 1. The molecule has 116 valence electrons. The van der Waals surface area contributed by atoms with Crippen molar-refractivity contribution in [1.29, 1.82) is 0 Å². The SMILES string of the molecule is O=C(COc1ccccc1F)N=Nc1c(O)[nH]c2ccccc12. The van der Waals surface area contributed by atoms with Gasteiger partial charge in [-0.3, -0.25) is 4.79 Å². The van der Waals surface area contributed by atoms with Crippen LogP contribution in [0, 0.1) is 5.82 Å². The van der Waals surface area contributed by atoms with Gasteiger partial charge < -0.3 is 14.8 Å². The van der Waals surface area contributed by atoms with Crippen LogP contribution in [-0.4, -0.2) is 22.6 Å². The molecule has 1 heterocycles. The van der Waals surface area contributed by atoms with Crippen LogP contribution >= 0.6 is 0 Å². The van der Waals surface area contributed by atoms with Crippen molar-refractivity contribution < 1.29 is 19.0 Å². The van der Waals surface area contributed by atoms with Crippen LogP contribution in [0.25, 0.3) is 10.9 Å². The highest BCUT2D eigenvalue weighted by atomic mass is 19.1. The van der Waals surface area contributed by atoms with Gasteiger partial charge in [0.15, 0.2) is 23.9 Å². The van der Waals surface area contributed by atoms with Crippen LogP contribution in [0.1, 0.15) is 0 Å². The summed E-state index contributed by atoms with van der Waals surface area (Å²) in [6, 6.07) is 12.8. The lowest BCUT2D eigenvalue weighted by molar-refractivity contribution is -0.120. The van der Waals surface area contributed by atoms with Gasteiger partial charge in [-0.15, -0.1) is 10.2 Å². The average Bonchev–Trinajstić information content (AvgIpc) is 2.87. The van der Waals surface area contributed by atoms with E-state index < -0.39 is 18.3 Å². The molecule has 0 spiro atoms. The minimum atomic E-state index is -0.696. The van der Waals surface area contributed by atoms with Crippen molar-refractivity contribution in [3.63, 3.8) is 0 Å². The van der Waals surface area contributed by atoms with Crippen molar-refractivity contribution in [2.24, 2.45) is 10.2 Å². The number of benzene rings is 2. The van der Waals surface area contributed by atoms with E-state index in [0.29, 0.717) is 10.9 Å². The van der Waals surface area contributed by atoms with Gasteiger partial charge in [0.1, 0.15) is 0 Å². The van der Waals surface area contributed by atoms with E-state index in [9.17, 15) is 14.3 Å². The molecule has 0 radical (unpaired) electrons. The fourth-order valence-electron chi connectivity index (χ4n) is 2.05. The highest BCUT2D eigenvalue weighted by Gasteiger charge is 2.11.